The van der Waals surface area contributed by atoms with E-state index in [1.807, 2.05) is 13.8 Å². The van der Waals surface area contributed by atoms with Crippen LogP contribution < -0.4 is 20.5 Å². The molecule has 1 heterocycles. The zero-order chi connectivity index (χ0) is 14.5. The number of carbonyl (C=O) groups excluding carboxylic acids is 1. The molecule has 0 spiro atoms. The summed E-state index contributed by atoms with van der Waals surface area (Å²) in [4.78, 5) is 20.1. The van der Waals surface area contributed by atoms with Crippen LogP contribution in [0, 0.1) is 0 Å². The van der Waals surface area contributed by atoms with Crippen LogP contribution in [0.4, 0.5) is 5.95 Å². The lowest BCUT2D eigenvalue weighted by Crippen LogP contribution is -2.50. The Balaban J connectivity index is 2.96. The van der Waals surface area contributed by atoms with Crippen LogP contribution in [-0.4, -0.2) is 35.6 Å². The molecule has 0 atom stereocenters. The third kappa shape index (κ3) is 3.54. The van der Waals surface area contributed by atoms with Gasteiger partial charge in [0.25, 0.3) is 0 Å². The molecule has 0 saturated carbocycles. The molecule has 0 saturated heterocycles. The summed E-state index contributed by atoms with van der Waals surface area (Å²) in [6, 6.07) is 1.52. The van der Waals surface area contributed by atoms with Crippen molar-refractivity contribution in [2.24, 2.45) is 5.73 Å². The highest BCUT2D eigenvalue weighted by atomic mass is 16.5. The van der Waals surface area contributed by atoms with Gasteiger partial charge >= 0.3 is 0 Å². The van der Waals surface area contributed by atoms with Crippen LogP contribution in [0.25, 0.3) is 0 Å². The van der Waals surface area contributed by atoms with E-state index in [0.717, 1.165) is 0 Å². The standard InChI is InChI=1S/C12H20N4O3/c1-5-12(13,6-2)10(17)16-11-14-8(18-3)7-9(15-11)19-4/h7H,5-6,13H2,1-4H3,(H,14,15,16,17). The Morgan fingerprint density at radius 2 is 1.74 bits per heavy atom. The van der Waals surface area contributed by atoms with Gasteiger partial charge in [0.15, 0.2) is 0 Å². The number of methoxy groups -OCH3 is 2. The van der Waals surface area contributed by atoms with E-state index in [9.17, 15) is 4.79 Å². The summed E-state index contributed by atoms with van der Waals surface area (Å²) >= 11 is 0. The number of rotatable bonds is 6. The van der Waals surface area contributed by atoms with E-state index in [1.165, 1.54) is 20.3 Å². The number of anilines is 1. The van der Waals surface area contributed by atoms with Gasteiger partial charge in [0.2, 0.25) is 23.6 Å². The maximum absolute atomic E-state index is 12.1. The lowest BCUT2D eigenvalue weighted by molar-refractivity contribution is -0.121. The molecular formula is C12H20N4O3. The molecule has 0 radical (unpaired) electrons. The third-order valence-electron chi connectivity index (χ3n) is 3.04. The molecular weight excluding hydrogens is 248 g/mol. The van der Waals surface area contributed by atoms with E-state index in [0.29, 0.717) is 24.6 Å². The quantitative estimate of drug-likeness (QED) is 0.796. The van der Waals surface area contributed by atoms with Gasteiger partial charge in [-0.05, 0) is 12.8 Å². The fourth-order valence-corrected chi connectivity index (χ4v) is 1.47. The smallest absolute Gasteiger partial charge is 0.246 e. The number of carbonyl (C=O) groups is 1. The van der Waals surface area contributed by atoms with Crippen LogP contribution in [0.15, 0.2) is 6.07 Å². The second-order valence-corrected chi connectivity index (χ2v) is 4.09. The molecule has 7 nitrogen and oxygen atoms in total. The number of amides is 1. The highest BCUT2D eigenvalue weighted by molar-refractivity contribution is 5.96. The molecule has 0 fully saturated rings. The van der Waals surface area contributed by atoms with Crippen molar-refractivity contribution in [1.29, 1.82) is 0 Å². The lowest BCUT2D eigenvalue weighted by atomic mass is 9.93. The summed E-state index contributed by atoms with van der Waals surface area (Å²) in [6.07, 6.45) is 1.05. The first-order valence-corrected chi connectivity index (χ1v) is 6.06. The van der Waals surface area contributed by atoms with Crippen molar-refractivity contribution in [2.45, 2.75) is 32.2 Å². The summed E-state index contributed by atoms with van der Waals surface area (Å²) in [6.45, 7) is 3.71. The Hall–Kier alpha value is -1.89. The molecule has 7 heteroatoms. The minimum Gasteiger partial charge on any atom is -0.481 e. The van der Waals surface area contributed by atoms with E-state index >= 15 is 0 Å². The van der Waals surface area contributed by atoms with Crippen molar-refractivity contribution in [3.63, 3.8) is 0 Å². The fraction of sp³-hybridized carbons (Fsp3) is 0.583. The molecule has 1 aromatic heterocycles. The summed E-state index contributed by atoms with van der Waals surface area (Å²) in [5.74, 6) is 0.390. The van der Waals surface area contributed by atoms with E-state index in [2.05, 4.69) is 15.3 Å². The Kier molecular flexibility index (Phi) is 5.05. The molecule has 0 aliphatic rings. The van der Waals surface area contributed by atoms with E-state index in [1.54, 1.807) is 0 Å². The SMILES string of the molecule is CCC(N)(CC)C(=O)Nc1nc(OC)cc(OC)n1. The van der Waals surface area contributed by atoms with Crippen molar-refractivity contribution in [1.82, 2.24) is 9.97 Å². The predicted octanol–water partition coefficient (Wildman–Crippen LogP) is 0.950. The van der Waals surface area contributed by atoms with Gasteiger partial charge in [-0.25, -0.2) is 0 Å². The first-order valence-electron chi connectivity index (χ1n) is 6.06. The summed E-state index contributed by atoms with van der Waals surface area (Å²) in [5.41, 5.74) is 5.07. The number of nitrogens with two attached hydrogens (primary N) is 1. The number of aromatic nitrogens is 2. The maximum atomic E-state index is 12.1. The van der Waals surface area contributed by atoms with Crippen LogP contribution in [-0.2, 0) is 4.79 Å². The minimum atomic E-state index is -0.931. The van der Waals surface area contributed by atoms with E-state index in [-0.39, 0.29) is 11.9 Å². The number of hydrogen-bond acceptors (Lipinski definition) is 6. The molecule has 1 rings (SSSR count). The van der Waals surface area contributed by atoms with Crippen molar-refractivity contribution >= 4 is 11.9 Å². The largest absolute Gasteiger partial charge is 0.481 e. The Morgan fingerprint density at radius 3 is 2.11 bits per heavy atom. The molecule has 0 aliphatic heterocycles. The second-order valence-electron chi connectivity index (χ2n) is 4.09. The van der Waals surface area contributed by atoms with Crippen molar-refractivity contribution in [2.75, 3.05) is 19.5 Å². The first kappa shape index (κ1) is 15.2. The normalized spacial score (nSPS) is 11.0. The van der Waals surface area contributed by atoms with Crippen molar-refractivity contribution in [3.8, 4) is 11.8 Å². The average Bonchev–Trinajstić information content (AvgIpc) is 2.45. The van der Waals surface area contributed by atoms with Crippen LogP contribution in [0.5, 0.6) is 11.8 Å². The molecule has 106 valence electrons. The number of ether oxygens (including phenoxy) is 2. The Bertz CT molecular complexity index is 424. The number of hydrogen-bond donors (Lipinski definition) is 2. The molecule has 0 aromatic carbocycles. The highest BCUT2D eigenvalue weighted by Crippen LogP contribution is 2.19. The molecule has 0 bridgehead atoms. The summed E-state index contributed by atoms with van der Waals surface area (Å²) in [5, 5.41) is 2.59. The van der Waals surface area contributed by atoms with Gasteiger partial charge in [-0.3, -0.25) is 10.1 Å². The predicted molar refractivity (Wildman–Crippen MR) is 71.3 cm³/mol. The van der Waals surface area contributed by atoms with Gasteiger partial charge in [0, 0.05) is 0 Å². The van der Waals surface area contributed by atoms with Crippen LogP contribution in [0.3, 0.4) is 0 Å². The summed E-state index contributed by atoms with van der Waals surface area (Å²) < 4.78 is 10.0. The zero-order valence-electron chi connectivity index (χ0n) is 11.7. The highest BCUT2D eigenvalue weighted by Gasteiger charge is 2.30. The first-order chi connectivity index (χ1) is 8.98. The fourth-order valence-electron chi connectivity index (χ4n) is 1.47. The van der Waals surface area contributed by atoms with Crippen LogP contribution in [0.2, 0.25) is 0 Å². The molecule has 0 unspecified atom stereocenters. The monoisotopic (exact) mass is 268 g/mol. The van der Waals surface area contributed by atoms with Crippen molar-refractivity contribution < 1.29 is 14.3 Å². The topological polar surface area (TPSA) is 99.4 Å². The van der Waals surface area contributed by atoms with Crippen LogP contribution in [0.1, 0.15) is 26.7 Å². The molecule has 3 N–H and O–H groups in total. The van der Waals surface area contributed by atoms with E-state index in [4.69, 9.17) is 15.2 Å². The van der Waals surface area contributed by atoms with Crippen molar-refractivity contribution in [3.05, 3.63) is 6.07 Å². The van der Waals surface area contributed by atoms with Gasteiger partial charge < -0.3 is 15.2 Å². The van der Waals surface area contributed by atoms with Gasteiger partial charge in [0.1, 0.15) is 0 Å². The van der Waals surface area contributed by atoms with Gasteiger partial charge in [-0.15, -0.1) is 0 Å². The summed E-state index contributed by atoms with van der Waals surface area (Å²) in [7, 11) is 2.94. The second kappa shape index (κ2) is 6.33. The Labute approximate surface area is 112 Å². The third-order valence-corrected chi connectivity index (χ3v) is 3.04. The maximum Gasteiger partial charge on any atom is 0.246 e. The Morgan fingerprint density at radius 1 is 1.26 bits per heavy atom. The van der Waals surface area contributed by atoms with Gasteiger partial charge in [-0.1, -0.05) is 13.8 Å². The number of nitrogens with one attached hydrogen (secondary N) is 1. The lowest BCUT2D eigenvalue weighted by Gasteiger charge is -2.24. The minimum absolute atomic E-state index is 0.109. The van der Waals surface area contributed by atoms with Crippen LogP contribution >= 0.6 is 0 Å². The molecule has 1 aromatic rings. The van der Waals surface area contributed by atoms with Gasteiger partial charge in [0.05, 0.1) is 25.8 Å². The van der Waals surface area contributed by atoms with Gasteiger partial charge in [-0.2, -0.15) is 9.97 Å². The van der Waals surface area contributed by atoms with E-state index < -0.39 is 5.54 Å². The molecule has 0 aliphatic carbocycles. The molecule has 1 amide bonds. The average molecular weight is 268 g/mol. The molecule has 19 heavy (non-hydrogen) atoms. The zero-order valence-corrected chi connectivity index (χ0v) is 11.7. The number of nitrogens with zero attached hydrogens (tertiary/aromatic N) is 2.